The number of fused-ring (bicyclic) bond motifs is 2. The van der Waals surface area contributed by atoms with E-state index >= 15 is 0 Å². The first-order valence-corrected chi connectivity index (χ1v) is 12.6. The molecule has 0 saturated carbocycles. The molecule has 5 nitrogen and oxygen atoms in total. The molecule has 7 heteroatoms. The molecule has 0 amide bonds. The van der Waals surface area contributed by atoms with Crippen LogP contribution in [0.5, 0.6) is 11.5 Å². The first-order chi connectivity index (χ1) is 17.2. The number of hydrogen-bond donors (Lipinski definition) is 0. The van der Waals surface area contributed by atoms with Crippen LogP contribution in [-0.2, 0) is 0 Å². The van der Waals surface area contributed by atoms with Crippen LogP contribution in [-0.4, -0.2) is 29.9 Å². The van der Waals surface area contributed by atoms with Gasteiger partial charge in [0.1, 0.15) is 22.7 Å². The smallest absolute Gasteiger partial charge is 0.188 e. The fourth-order valence-corrected chi connectivity index (χ4v) is 4.67. The number of carbonyl (C=O) groups excluding carboxylic acids is 2. The zero-order valence-electron chi connectivity index (χ0n) is 21.7. The monoisotopic (exact) mass is 546 g/mol. The first-order valence-electron chi connectivity index (χ1n) is 12.5. The number of benzene rings is 2. The zero-order chi connectivity index (χ0) is 26.9. The van der Waals surface area contributed by atoms with Gasteiger partial charge in [-0.15, -0.1) is 0 Å². The molecule has 0 radical (unpaired) electrons. The van der Waals surface area contributed by atoms with Gasteiger partial charge in [-0.3, -0.25) is 14.0 Å². The standard InChI is InChI=1S/C14H15NO2.C13H15BrO2.CH3F/c1-4-14(5-2)9-12(16)11-8-10(15-3)6-7-13(11)17-14;1-3-13(4-2)8-11(15)10-7-9(14)5-6-12(10)16-13;1-2/h6-8H,4-5,9H2,1-2H3;5-7H,3-4,8H2,1-2H3;1H3/i;;1D. The summed E-state index contributed by atoms with van der Waals surface area (Å²) in [6.07, 6.45) is 4.27. The third-order valence-corrected chi connectivity index (χ3v) is 7.32. The Hall–Kier alpha value is -2.72. The van der Waals surface area contributed by atoms with Crippen molar-refractivity contribution in [2.45, 2.75) is 77.4 Å². The number of hydrogen-bond acceptors (Lipinski definition) is 4. The second kappa shape index (κ2) is 12.3. The van der Waals surface area contributed by atoms with Gasteiger partial charge in [-0.25, -0.2) is 4.85 Å². The van der Waals surface area contributed by atoms with Crippen molar-refractivity contribution in [2.75, 3.05) is 7.15 Å². The van der Waals surface area contributed by atoms with Crippen LogP contribution in [0.2, 0.25) is 0 Å². The summed E-state index contributed by atoms with van der Waals surface area (Å²) in [5, 5.41) is 0. The molecule has 2 aromatic rings. The van der Waals surface area contributed by atoms with Crippen molar-refractivity contribution >= 4 is 33.2 Å². The molecule has 0 N–H and O–H groups in total. The summed E-state index contributed by atoms with van der Waals surface area (Å²) in [7, 11) is -1.00. The lowest BCUT2D eigenvalue weighted by Gasteiger charge is -2.36. The highest BCUT2D eigenvalue weighted by molar-refractivity contribution is 9.10. The normalized spacial score (nSPS) is 16.9. The van der Waals surface area contributed by atoms with Gasteiger partial charge >= 0.3 is 0 Å². The Morgan fingerprint density at radius 3 is 1.77 bits per heavy atom. The Balaban J connectivity index is 0.000000229. The number of rotatable bonds is 4. The molecule has 2 aliphatic rings. The molecule has 0 aromatic heterocycles. The fourth-order valence-electron chi connectivity index (χ4n) is 4.31. The van der Waals surface area contributed by atoms with Gasteiger partial charge in [0.15, 0.2) is 17.3 Å². The van der Waals surface area contributed by atoms with E-state index in [4.69, 9.17) is 17.4 Å². The minimum atomic E-state index is -1.00. The minimum absolute atomic E-state index is 0.0838. The fraction of sp³-hybridized carbons (Fsp3) is 0.464. The highest BCUT2D eigenvalue weighted by Gasteiger charge is 2.38. The van der Waals surface area contributed by atoms with Crippen LogP contribution in [0.1, 0.15) is 88.3 Å². The Morgan fingerprint density at radius 2 is 1.34 bits per heavy atom. The summed E-state index contributed by atoms with van der Waals surface area (Å²) in [5.41, 5.74) is 1.09. The highest BCUT2D eigenvalue weighted by Crippen LogP contribution is 2.39. The van der Waals surface area contributed by atoms with Gasteiger partial charge in [-0.1, -0.05) is 49.7 Å². The Morgan fingerprint density at radius 1 is 0.914 bits per heavy atom. The summed E-state index contributed by atoms with van der Waals surface area (Å²) in [6, 6.07) is 10.7. The van der Waals surface area contributed by atoms with E-state index in [1.807, 2.05) is 32.0 Å². The number of alkyl halides is 1. The van der Waals surface area contributed by atoms with Crippen molar-refractivity contribution in [3.8, 4) is 11.5 Å². The van der Waals surface area contributed by atoms with E-state index in [0.717, 1.165) is 35.9 Å². The third-order valence-electron chi connectivity index (χ3n) is 6.83. The topological polar surface area (TPSA) is 57.0 Å². The maximum atomic E-state index is 12.1. The van der Waals surface area contributed by atoms with Crippen LogP contribution in [0.4, 0.5) is 10.1 Å². The molecule has 2 aliphatic heterocycles. The summed E-state index contributed by atoms with van der Waals surface area (Å²) >= 11 is 3.37. The highest BCUT2D eigenvalue weighted by atomic mass is 79.9. The SMILES string of the molecule is CCC1(CC)CC(=O)c2cc(Br)ccc2O1.[2H]CF.[C-]#[N+]c1ccc2c(c1)C(=O)CC(CC)(CC)O2. The quantitative estimate of drug-likeness (QED) is 0.361. The molecule has 4 rings (SSSR count). The van der Waals surface area contributed by atoms with Crippen molar-refractivity contribution in [1.29, 1.82) is 0 Å². The third kappa shape index (κ3) is 6.29. The molecule has 0 spiro atoms. The van der Waals surface area contributed by atoms with Gasteiger partial charge in [-0.05, 0) is 56.0 Å². The number of Topliss-reactive ketones (excluding diaryl/α,β-unsaturated/α-hetero) is 2. The largest absolute Gasteiger partial charge is 0.486 e. The average Bonchev–Trinajstić information content (AvgIpc) is 2.89. The predicted molar refractivity (Wildman–Crippen MR) is 140 cm³/mol. The lowest BCUT2D eigenvalue weighted by Crippen LogP contribution is -2.40. The summed E-state index contributed by atoms with van der Waals surface area (Å²) in [5.74, 6) is 1.62. The molecular formula is C28H33BrFNO4. The summed E-state index contributed by atoms with van der Waals surface area (Å²) < 4.78 is 28.4. The molecule has 188 valence electrons. The van der Waals surface area contributed by atoms with Crippen LogP contribution < -0.4 is 9.47 Å². The first kappa shape index (κ1) is 26.9. The van der Waals surface area contributed by atoms with Crippen LogP contribution >= 0.6 is 15.9 Å². The summed E-state index contributed by atoms with van der Waals surface area (Å²) in [6.45, 7) is 15.2. The second-order valence-electron chi connectivity index (χ2n) is 8.62. The number of ketones is 2. The number of ether oxygens (including phenoxy) is 2. The van der Waals surface area contributed by atoms with E-state index in [1.54, 1.807) is 18.2 Å². The van der Waals surface area contributed by atoms with Crippen molar-refractivity contribution in [1.82, 2.24) is 0 Å². The zero-order valence-corrected chi connectivity index (χ0v) is 22.3. The Kier molecular flexibility index (Phi) is 9.45. The number of carbonyl (C=O) groups is 2. The maximum Gasteiger partial charge on any atom is 0.188 e. The molecule has 0 unspecified atom stereocenters. The molecule has 0 bridgehead atoms. The van der Waals surface area contributed by atoms with E-state index in [2.05, 4.69) is 34.6 Å². The molecule has 2 aromatic carbocycles. The van der Waals surface area contributed by atoms with E-state index in [-0.39, 0.29) is 22.8 Å². The Labute approximate surface area is 217 Å². The lowest BCUT2D eigenvalue weighted by molar-refractivity contribution is 0.0341. The Bertz CT molecular complexity index is 1120. The molecule has 0 atom stereocenters. The van der Waals surface area contributed by atoms with Crippen molar-refractivity contribution in [3.63, 3.8) is 0 Å². The van der Waals surface area contributed by atoms with Crippen molar-refractivity contribution < 1.29 is 24.8 Å². The van der Waals surface area contributed by atoms with E-state index in [9.17, 15) is 14.0 Å². The average molecular weight is 547 g/mol. The van der Waals surface area contributed by atoms with Crippen molar-refractivity contribution in [2.24, 2.45) is 0 Å². The van der Waals surface area contributed by atoms with Gasteiger partial charge in [0.05, 0.1) is 33.5 Å². The van der Waals surface area contributed by atoms with Gasteiger partial charge in [0, 0.05) is 10.0 Å². The minimum Gasteiger partial charge on any atom is -0.486 e. The van der Waals surface area contributed by atoms with Crippen LogP contribution in [0, 0.1) is 6.57 Å². The van der Waals surface area contributed by atoms with E-state index in [1.165, 1.54) is 0 Å². The summed E-state index contributed by atoms with van der Waals surface area (Å²) in [4.78, 5) is 27.5. The molecule has 0 fully saturated rings. The maximum absolute atomic E-state index is 12.1. The molecule has 0 saturated heterocycles. The van der Waals surface area contributed by atoms with Gasteiger partial charge in [0.25, 0.3) is 0 Å². The van der Waals surface area contributed by atoms with Crippen LogP contribution in [0.3, 0.4) is 0 Å². The van der Waals surface area contributed by atoms with Crippen LogP contribution in [0.25, 0.3) is 4.85 Å². The molecule has 2 heterocycles. The van der Waals surface area contributed by atoms with E-state index in [0.29, 0.717) is 35.4 Å². The molecular weight excluding hydrogens is 513 g/mol. The lowest BCUT2D eigenvalue weighted by atomic mass is 9.86. The second-order valence-corrected chi connectivity index (χ2v) is 9.53. The number of nitrogens with zero attached hydrogens (tertiary/aromatic N) is 1. The van der Waals surface area contributed by atoms with E-state index < -0.39 is 7.15 Å². The van der Waals surface area contributed by atoms with Gasteiger partial charge in [-0.2, -0.15) is 0 Å². The van der Waals surface area contributed by atoms with Gasteiger partial charge in [0.2, 0.25) is 0 Å². The van der Waals surface area contributed by atoms with Gasteiger partial charge < -0.3 is 9.47 Å². The molecule has 0 aliphatic carbocycles. The van der Waals surface area contributed by atoms with Crippen LogP contribution in [0.15, 0.2) is 40.9 Å². The number of halogens is 2. The predicted octanol–water partition coefficient (Wildman–Crippen LogP) is 8.32. The molecule has 35 heavy (non-hydrogen) atoms. The van der Waals surface area contributed by atoms with Crippen molar-refractivity contribution in [3.05, 3.63) is 63.4 Å².